The topological polar surface area (TPSA) is 90.7 Å². The first kappa shape index (κ1) is 18.9. The summed E-state index contributed by atoms with van der Waals surface area (Å²) in [6, 6.07) is 4.86. The van der Waals surface area contributed by atoms with E-state index in [1.807, 2.05) is 0 Å². The smallest absolute Gasteiger partial charge is 0.278 e. The van der Waals surface area contributed by atoms with E-state index < -0.39 is 15.9 Å². The van der Waals surface area contributed by atoms with Crippen LogP contribution in [-0.4, -0.2) is 48.3 Å². The van der Waals surface area contributed by atoms with Gasteiger partial charge in [0.25, 0.3) is 5.91 Å². The molecule has 0 unspecified atom stereocenters. The van der Waals surface area contributed by atoms with Gasteiger partial charge in [-0.1, -0.05) is 6.92 Å². The second-order valence-electron chi connectivity index (χ2n) is 7.37. The maximum absolute atomic E-state index is 13.2. The number of benzene rings is 1. The van der Waals surface area contributed by atoms with Crippen molar-refractivity contribution in [2.45, 2.75) is 38.5 Å². The van der Waals surface area contributed by atoms with E-state index in [4.69, 9.17) is 9.47 Å². The van der Waals surface area contributed by atoms with Crippen molar-refractivity contribution in [3.8, 4) is 11.5 Å². The van der Waals surface area contributed by atoms with Crippen molar-refractivity contribution in [2.24, 2.45) is 5.92 Å². The highest BCUT2D eigenvalue weighted by Crippen LogP contribution is 2.33. The van der Waals surface area contributed by atoms with E-state index in [2.05, 4.69) is 12.0 Å². The monoisotopic (exact) mass is 405 g/mol. The molecule has 2 aromatic rings. The summed E-state index contributed by atoms with van der Waals surface area (Å²) in [5.74, 6) is 1.17. The zero-order valence-corrected chi connectivity index (χ0v) is 17.0. The minimum absolute atomic E-state index is 0.115. The Morgan fingerprint density at radius 1 is 1.14 bits per heavy atom. The van der Waals surface area contributed by atoms with Crippen molar-refractivity contribution in [3.63, 3.8) is 0 Å². The molecule has 4 rings (SSSR count). The number of rotatable bonds is 3. The fourth-order valence-electron chi connectivity index (χ4n) is 3.71. The van der Waals surface area contributed by atoms with Crippen LogP contribution in [0.5, 0.6) is 11.5 Å². The molecule has 0 bridgehead atoms. The highest BCUT2D eigenvalue weighted by Gasteiger charge is 2.34. The second-order valence-corrected chi connectivity index (χ2v) is 9.25. The van der Waals surface area contributed by atoms with Crippen molar-refractivity contribution in [3.05, 3.63) is 35.2 Å². The molecule has 0 radical (unpaired) electrons. The first-order chi connectivity index (χ1) is 13.3. The molecular weight excluding hydrogens is 382 g/mol. The third-order valence-electron chi connectivity index (χ3n) is 5.38. The van der Waals surface area contributed by atoms with Gasteiger partial charge in [0, 0.05) is 18.7 Å². The summed E-state index contributed by atoms with van der Waals surface area (Å²) in [4.78, 5) is 13.1. The minimum atomic E-state index is -3.70. The molecule has 1 aromatic heterocycles. The standard InChI is InChI=1S/C19H23N3O5S/c1-12-6-8-21(9-7-12)28(24,25)18-13(2)20-22(14(18)3)19(23)15-4-5-16-17(10-15)27-11-26-16/h4-5,10,12H,6-9,11H2,1-3H3. The second kappa shape index (κ2) is 6.89. The molecule has 0 spiro atoms. The number of ether oxygens (including phenoxy) is 2. The molecule has 1 aromatic carbocycles. The number of hydrogen-bond donors (Lipinski definition) is 0. The van der Waals surface area contributed by atoms with Crippen LogP contribution in [0.25, 0.3) is 0 Å². The van der Waals surface area contributed by atoms with Gasteiger partial charge in [0.05, 0.1) is 11.4 Å². The largest absolute Gasteiger partial charge is 0.454 e. The van der Waals surface area contributed by atoms with Gasteiger partial charge in [-0.15, -0.1) is 0 Å². The molecule has 2 aliphatic rings. The van der Waals surface area contributed by atoms with E-state index >= 15 is 0 Å². The highest BCUT2D eigenvalue weighted by atomic mass is 32.2. The number of nitrogens with zero attached hydrogens (tertiary/aromatic N) is 3. The fraction of sp³-hybridized carbons (Fsp3) is 0.474. The Morgan fingerprint density at radius 2 is 1.82 bits per heavy atom. The summed E-state index contributed by atoms with van der Waals surface area (Å²) < 4.78 is 39.6. The molecule has 0 amide bonds. The third kappa shape index (κ3) is 3.08. The highest BCUT2D eigenvalue weighted by molar-refractivity contribution is 7.89. The Hall–Kier alpha value is -2.39. The lowest BCUT2D eigenvalue weighted by Crippen LogP contribution is -2.38. The number of aryl methyl sites for hydroxylation is 1. The molecule has 9 heteroatoms. The molecule has 1 fully saturated rings. The van der Waals surface area contributed by atoms with Crippen LogP contribution >= 0.6 is 0 Å². The van der Waals surface area contributed by atoms with E-state index in [0.29, 0.717) is 47.5 Å². The molecule has 0 aliphatic carbocycles. The minimum Gasteiger partial charge on any atom is -0.454 e. The van der Waals surface area contributed by atoms with Gasteiger partial charge in [0.2, 0.25) is 16.8 Å². The van der Waals surface area contributed by atoms with Crippen LogP contribution in [0.3, 0.4) is 0 Å². The number of fused-ring (bicyclic) bond motifs is 1. The molecule has 0 N–H and O–H groups in total. The molecule has 0 atom stereocenters. The summed E-state index contributed by atoms with van der Waals surface area (Å²) in [5, 5.41) is 4.25. The first-order valence-corrected chi connectivity index (χ1v) is 10.7. The predicted octanol–water partition coefficient (Wildman–Crippen LogP) is 2.34. The van der Waals surface area contributed by atoms with Crippen molar-refractivity contribution < 1.29 is 22.7 Å². The SMILES string of the molecule is Cc1nn(C(=O)c2ccc3c(c2)OCO3)c(C)c1S(=O)(=O)N1CCC(C)CC1. The molecule has 0 saturated carbocycles. The summed E-state index contributed by atoms with van der Waals surface area (Å²) in [6.45, 7) is 6.46. The van der Waals surface area contributed by atoms with Gasteiger partial charge in [-0.3, -0.25) is 4.79 Å². The van der Waals surface area contributed by atoms with Crippen LogP contribution in [-0.2, 0) is 10.0 Å². The van der Waals surface area contributed by atoms with E-state index in [1.165, 1.54) is 4.31 Å². The first-order valence-electron chi connectivity index (χ1n) is 9.29. The maximum Gasteiger partial charge on any atom is 0.278 e. The Balaban J connectivity index is 1.68. The Morgan fingerprint density at radius 3 is 2.54 bits per heavy atom. The van der Waals surface area contributed by atoms with Crippen molar-refractivity contribution in [1.29, 1.82) is 0 Å². The normalized spacial score (nSPS) is 17.8. The van der Waals surface area contributed by atoms with Crippen LogP contribution in [0.15, 0.2) is 23.1 Å². The lowest BCUT2D eigenvalue weighted by atomic mass is 10.0. The molecule has 150 valence electrons. The number of carbonyl (C=O) groups is 1. The number of piperidine rings is 1. The average Bonchev–Trinajstić information content (AvgIpc) is 3.24. The Kier molecular flexibility index (Phi) is 4.67. The van der Waals surface area contributed by atoms with E-state index in [1.54, 1.807) is 32.0 Å². The van der Waals surface area contributed by atoms with Crippen molar-refractivity contribution >= 4 is 15.9 Å². The molecule has 28 heavy (non-hydrogen) atoms. The predicted molar refractivity (Wildman–Crippen MR) is 101 cm³/mol. The average molecular weight is 405 g/mol. The van der Waals surface area contributed by atoms with Gasteiger partial charge in [-0.25, -0.2) is 8.42 Å². The summed E-state index contributed by atoms with van der Waals surface area (Å²) in [5.41, 5.74) is 0.995. The van der Waals surface area contributed by atoms with E-state index in [-0.39, 0.29) is 11.7 Å². The van der Waals surface area contributed by atoms with Gasteiger partial charge < -0.3 is 9.47 Å². The van der Waals surface area contributed by atoms with Gasteiger partial charge >= 0.3 is 0 Å². The quantitative estimate of drug-likeness (QED) is 0.779. The van der Waals surface area contributed by atoms with Crippen molar-refractivity contribution in [2.75, 3.05) is 19.9 Å². The van der Waals surface area contributed by atoms with E-state index in [9.17, 15) is 13.2 Å². The molecule has 2 aliphatic heterocycles. The molecule has 8 nitrogen and oxygen atoms in total. The fourth-order valence-corrected chi connectivity index (χ4v) is 5.53. The van der Waals surface area contributed by atoms with Gasteiger partial charge in [-0.05, 0) is 50.8 Å². The Bertz CT molecular complexity index is 1040. The summed E-state index contributed by atoms with van der Waals surface area (Å²) >= 11 is 0. The number of hydrogen-bond acceptors (Lipinski definition) is 6. The van der Waals surface area contributed by atoms with Crippen LogP contribution in [0.2, 0.25) is 0 Å². The lowest BCUT2D eigenvalue weighted by molar-refractivity contribution is 0.0941. The zero-order valence-electron chi connectivity index (χ0n) is 16.1. The lowest BCUT2D eigenvalue weighted by Gasteiger charge is -2.29. The van der Waals surface area contributed by atoms with Crippen LogP contribution in [0.4, 0.5) is 0 Å². The van der Waals surface area contributed by atoms with Crippen LogP contribution < -0.4 is 9.47 Å². The number of sulfonamides is 1. The third-order valence-corrected chi connectivity index (χ3v) is 7.53. The van der Waals surface area contributed by atoms with Gasteiger partial charge in [-0.2, -0.15) is 14.1 Å². The summed E-state index contributed by atoms with van der Waals surface area (Å²) in [7, 11) is -3.70. The van der Waals surface area contributed by atoms with Gasteiger partial charge in [0.15, 0.2) is 11.5 Å². The van der Waals surface area contributed by atoms with Gasteiger partial charge in [0.1, 0.15) is 4.90 Å². The van der Waals surface area contributed by atoms with Crippen molar-refractivity contribution in [1.82, 2.24) is 14.1 Å². The zero-order chi connectivity index (χ0) is 20.1. The number of carbonyl (C=O) groups excluding carboxylic acids is 1. The Labute approximate surface area is 164 Å². The number of aromatic nitrogens is 2. The van der Waals surface area contributed by atoms with E-state index in [0.717, 1.165) is 17.5 Å². The molecule has 3 heterocycles. The van der Waals surface area contributed by atoms with Crippen LogP contribution in [0.1, 0.15) is 41.5 Å². The summed E-state index contributed by atoms with van der Waals surface area (Å²) in [6.07, 6.45) is 1.67. The van der Waals surface area contributed by atoms with Crippen LogP contribution in [0, 0.1) is 19.8 Å². The molecular formula is C19H23N3O5S. The maximum atomic E-state index is 13.2. The molecule has 1 saturated heterocycles.